The van der Waals surface area contributed by atoms with Crippen LogP contribution in [-0.2, 0) is 0 Å². The van der Waals surface area contributed by atoms with Crippen molar-refractivity contribution >= 4 is 17.3 Å². The highest BCUT2D eigenvalue weighted by molar-refractivity contribution is 6.03. The number of carbonyl (C=O) groups is 1. The molecule has 0 unspecified atom stereocenters. The van der Waals surface area contributed by atoms with E-state index in [1.54, 1.807) is 20.1 Å². The first kappa shape index (κ1) is 15.4. The molecule has 0 saturated heterocycles. The summed E-state index contributed by atoms with van der Waals surface area (Å²) in [6, 6.07) is 11.9. The van der Waals surface area contributed by atoms with E-state index in [0.717, 1.165) is 11.4 Å². The number of ether oxygens (including phenoxy) is 1. The molecule has 2 aromatic rings. The third kappa shape index (κ3) is 3.54. The van der Waals surface area contributed by atoms with Gasteiger partial charge in [-0.05, 0) is 55.0 Å². The molecular weight excluding hydrogens is 282 g/mol. The lowest BCUT2D eigenvalue weighted by Crippen LogP contribution is -2.12. The first-order valence-electron chi connectivity index (χ1n) is 6.59. The van der Waals surface area contributed by atoms with Gasteiger partial charge in [-0.1, -0.05) is 0 Å². The van der Waals surface area contributed by atoms with Crippen molar-refractivity contribution in [3.8, 4) is 11.5 Å². The Labute approximate surface area is 128 Å². The fourth-order valence-corrected chi connectivity index (χ4v) is 1.84. The second-order valence-electron chi connectivity index (χ2n) is 4.63. The van der Waals surface area contributed by atoms with Crippen LogP contribution in [-0.4, -0.2) is 23.8 Å². The zero-order valence-corrected chi connectivity index (χ0v) is 12.3. The Kier molecular flexibility index (Phi) is 4.63. The van der Waals surface area contributed by atoms with E-state index in [9.17, 15) is 9.90 Å². The Balaban J connectivity index is 2.17. The van der Waals surface area contributed by atoms with Gasteiger partial charge < -0.3 is 15.6 Å². The number of amides is 1. The molecule has 0 radical (unpaired) electrons. The summed E-state index contributed by atoms with van der Waals surface area (Å²) >= 11 is 0. The maximum absolute atomic E-state index is 11.2. The Morgan fingerprint density at radius 3 is 2.50 bits per heavy atom. The molecule has 114 valence electrons. The van der Waals surface area contributed by atoms with Crippen LogP contribution in [0.1, 0.15) is 22.8 Å². The molecule has 0 fully saturated rings. The van der Waals surface area contributed by atoms with Crippen LogP contribution in [0, 0.1) is 0 Å². The summed E-state index contributed by atoms with van der Waals surface area (Å²) in [6.07, 6.45) is 0. The molecule has 0 saturated carbocycles. The number of benzene rings is 2. The average Bonchev–Trinajstić information content (AvgIpc) is 2.53. The lowest BCUT2D eigenvalue weighted by Gasteiger charge is -2.07. The Bertz CT molecular complexity index is 709. The van der Waals surface area contributed by atoms with Crippen LogP contribution in [0.15, 0.2) is 47.6 Å². The lowest BCUT2D eigenvalue weighted by molar-refractivity contribution is 0.0998. The zero-order valence-electron chi connectivity index (χ0n) is 12.3. The topological polar surface area (TPSA) is 96.9 Å². The molecule has 0 heterocycles. The van der Waals surface area contributed by atoms with Crippen LogP contribution < -0.4 is 15.9 Å². The quantitative estimate of drug-likeness (QED) is 0.583. The van der Waals surface area contributed by atoms with E-state index < -0.39 is 5.91 Å². The maximum atomic E-state index is 11.2. The van der Waals surface area contributed by atoms with Crippen molar-refractivity contribution in [3.05, 3.63) is 53.6 Å². The van der Waals surface area contributed by atoms with Crippen LogP contribution in [0.2, 0.25) is 0 Å². The highest BCUT2D eigenvalue weighted by atomic mass is 16.5. The van der Waals surface area contributed by atoms with Crippen LogP contribution >= 0.6 is 0 Å². The zero-order chi connectivity index (χ0) is 16.1. The molecule has 4 N–H and O–H groups in total. The third-order valence-corrected chi connectivity index (χ3v) is 3.12. The van der Waals surface area contributed by atoms with Gasteiger partial charge in [-0.3, -0.25) is 10.2 Å². The molecule has 6 nitrogen and oxygen atoms in total. The average molecular weight is 299 g/mol. The summed E-state index contributed by atoms with van der Waals surface area (Å²) in [5.74, 6) is -0.0710. The predicted octanol–water partition coefficient (Wildman–Crippen LogP) is 2.34. The first-order chi connectivity index (χ1) is 10.5. The predicted molar refractivity (Wildman–Crippen MR) is 85.5 cm³/mol. The standard InChI is InChI=1S/C16H17N3O3/c1-10(11-3-8-15(20)14(9-11)16(17)21)18-19-12-4-6-13(22-2)7-5-12/h3-9,19-20H,1-2H3,(H2,17,21)/b18-10+. The smallest absolute Gasteiger partial charge is 0.252 e. The van der Waals surface area contributed by atoms with Gasteiger partial charge in [-0.25, -0.2) is 0 Å². The van der Waals surface area contributed by atoms with E-state index >= 15 is 0 Å². The van der Waals surface area contributed by atoms with Crippen molar-refractivity contribution in [2.45, 2.75) is 6.92 Å². The monoisotopic (exact) mass is 299 g/mol. The van der Waals surface area contributed by atoms with Gasteiger partial charge in [0.2, 0.25) is 0 Å². The van der Waals surface area contributed by atoms with Gasteiger partial charge in [0, 0.05) is 0 Å². The van der Waals surface area contributed by atoms with Gasteiger partial charge in [0.15, 0.2) is 0 Å². The number of hydrazone groups is 1. The number of carbonyl (C=O) groups excluding carboxylic acids is 1. The van der Waals surface area contributed by atoms with Gasteiger partial charge in [0.1, 0.15) is 11.5 Å². The van der Waals surface area contributed by atoms with Gasteiger partial charge in [-0.15, -0.1) is 0 Å². The van der Waals surface area contributed by atoms with E-state index in [1.165, 1.54) is 12.1 Å². The van der Waals surface area contributed by atoms with E-state index in [4.69, 9.17) is 10.5 Å². The van der Waals surface area contributed by atoms with Crippen molar-refractivity contribution in [3.63, 3.8) is 0 Å². The molecule has 0 aliphatic rings. The van der Waals surface area contributed by atoms with Crippen molar-refractivity contribution < 1.29 is 14.6 Å². The van der Waals surface area contributed by atoms with E-state index in [1.807, 2.05) is 24.3 Å². The minimum atomic E-state index is -0.685. The van der Waals surface area contributed by atoms with Crippen molar-refractivity contribution in [2.75, 3.05) is 12.5 Å². The number of phenols is 1. The molecule has 2 aromatic carbocycles. The third-order valence-electron chi connectivity index (χ3n) is 3.12. The first-order valence-corrected chi connectivity index (χ1v) is 6.59. The second-order valence-corrected chi connectivity index (χ2v) is 4.63. The number of aromatic hydroxyl groups is 1. The fourth-order valence-electron chi connectivity index (χ4n) is 1.84. The van der Waals surface area contributed by atoms with Crippen LogP contribution in [0.25, 0.3) is 0 Å². The van der Waals surface area contributed by atoms with Gasteiger partial charge in [-0.2, -0.15) is 5.10 Å². The SMILES string of the molecule is COc1ccc(N/N=C(\C)c2ccc(O)c(C(N)=O)c2)cc1. The number of hydrogen-bond donors (Lipinski definition) is 3. The summed E-state index contributed by atoms with van der Waals surface area (Å²) in [6.45, 7) is 1.79. The number of hydrogen-bond acceptors (Lipinski definition) is 5. The summed E-state index contributed by atoms with van der Waals surface area (Å²) in [5, 5.41) is 13.8. The van der Waals surface area contributed by atoms with Gasteiger partial charge in [0.05, 0.1) is 24.1 Å². The lowest BCUT2D eigenvalue weighted by atomic mass is 10.1. The molecule has 22 heavy (non-hydrogen) atoms. The van der Waals surface area contributed by atoms with E-state index in [2.05, 4.69) is 10.5 Å². The summed E-state index contributed by atoms with van der Waals surface area (Å²) in [4.78, 5) is 11.2. The Hall–Kier alpha value is -3.02. The number of anilines is 1. The molecular formula is C16H17N3O3. The molecule has 0 atom stereocenters. The molecule has 0 aliphatic heterocycles. The second kappa shape index (κ2) is 6.62. The maximum Gasteiger partial charge on any atom is 0.252 e. The van der Waals surface area contributed by atoms with Gasteiger partial charge in [0.25, 0.3) is 5.91 Å². The minimum absolute atomic E-state index is 0.0662. The van der Waals surface area contributed by atoms with Crippen molar-refractivity contribution in [1.82, 2.24) is 0 Å². The molecule has 0 bridgehead atoms. The number of nitrogens with one attached hydrogen (secondary N) is 1. The number of nitrogens with zero attached hydrogens (tertiary/aromatic N) is 1. The summed E-state index contributed by atoms with van der Waals surface area (Å²) in [7, 11) is 1.60. The molecule has 6 heteroatoms. The minimum Gasteiger partial charge on any atom is -0.507 e. The highest BCUT2D eigenvalue weighted by Gasteiger charge is 2.09. The van der Waals surface area contributed by atoms with Crippen LogP contribution in [0.4, 0.5) is 5.69 Å². The largest absolute Gasteiger partial charge is 0.507 e. The Morgan fingerprint density at radius 2 is 1.91 bits per heavy atom. The molecule has 0 aliphatic carbocycles. The molecule has 0 spiro atoms. The fraction of sp³-hybridized carbons (Fsp3) is 0.125. The Morgan fingerprint density at radius 1 is 1.23 bits per heavy atom. The van der Waals surface area contributed by atoms with E-state index in [-0.39, 0.29) is 11.3 Å². The van der Waals surface area contributed by atoms with Crippen molar-refractivity contribution in [1.29, 1.82) is 0 Å². The number of primary amides is 1. The number of rotatable bonds is 5. The summed E-state index contributed by atoms with van der Waals surface area (Å²) in [5.41, 5.74) is 10.3. The van der Waals surface area contributed by atoms with Crippen LogP contribution in [0.5, 0.6) is 11.5 Å². The van der Waals surface area contributed by atoms with E-state index in [0.29, 0.717) is 11.3 Å². The highest BCUT2D eigenvalue weighted by Crippen LogP contribution is 2.19. The van der Waals surface area contributed by atoms with Crippen molar-refractivity contribution in [2.24, 2.45) is 10.8 Å². The van der Waals surface area contributed by atoms with Crippen LogP contribution in [0.3, 0.4) is 0 Å². The normalized spacial score (nSPS) is 11.1. The molecule has 2 rings (SSSR count). The van der Waals surface area contributed by atoms with Gasteiger partial charge >= 0.3 is 0 Å². The molecule has 0 aromatic heterocycles. The molecule has 1 amide bonds. The summed E-state index contributed by atoms with van der Waals surface area (Å²) < 4.78 is 5.08. The number of methoxy groups -OCH3 is 1. The number of nitrogens with two attached hydrogens (primary N) is 1.